The molecule has 146 valence electrons. The van der Waals surface area contributed by atoms with Crippen molar-refractivity contribution in [2.24, 2.45) is 15.4 Å². The Kier molecular flexibility index (Phi) is 5.39. The molecule has 0 amide bonds. The summed E-state index contributed by atoms with van der Waals surface area (Å²) in [6, 6.07) is 7.85. The van der Waals surface area contributed by atoms with Crippen molar-refractivity contribution in [3.8, 4) is 0 Å². The second-order valence-corrected chi connectivity index (χ2v) is 8.28. The zero-order valence-corrected chi connectivity index (χ0v) is 16.2. The van der Waals surface area contributed by atoms with Crippen LogP contribution in [0.1, 0.15) is 75.3 Å². The highest BCUT2D eigenvalue weighted by atomic mass is 16.9. The summed E-state index contributed by atoms with van der Waals surface area (Å²) < 4.78 is 0. The van der Waals surface area contributed by atoms with Gasteiger partial charge in [-0.1, -0.05) is 48.5 Å². The summed E-state index contributed by atoms with van der Waals surface area (Å²) in [7, 11) is 0. The first kappa shape index (κ1) is 18.7. The van der Waals surface area contributed by atoms with E-state index in [1.807, 2.05) is 31.2 Å². The van der Waals surface area contributed by atoms with Crippen molar-refractivity contribution in [1.82, 2.24) is 0 Å². The molecule has 0 saturated heterocycles. The minimum Gasteiger partial charge on any atom is -0.596 e. The van der Waals surface area contributed by atoms with Gasteiger partial charge < -0.3 is 5.21 Å². The summed E-state index contributed by atoms with van der Waals surface area (Å²) >= 11 is 0. The normalized spacial score (nSPS) is 29.1. The van der Waals surface area contributed by atoms with Crippen LogP contribution >= 0.6 is 0 Å². The third-order valence-corrected chi connectivity index (χ3v) is 6.35. The summed E-state index contributed by atoms with van der Waals surface area (Å²) in [6.07, 6.45) is 12.1. The zero-order chi connectivity index (χ0) is 18.7. The van der Waals surface area contributed by atoms with E-state index in [0.717, 1.165) is 62.5 Å². The van der Waals surface area contributed by atoms with Gasteiger partial charge in [-0.15, -0.1) is 5.10 Å². The fourth-order valence-electron chi connectivity index (χ4n) is 4.74. The van der Waals surface area contributed by atoms with Crippen molar-refractivity contribution in [3.05, 3.63) is 40.6 Å². The Morgan fingerprint density at radius 2 is 1.59 bits per heavy atom. The Bertz CT molecular complexity index is 679. The fourth-order valence-corrected chi connectivity index (χ4v) is 4.74. The first-order chi connectivity index (χ1) is 13.1. The standard InChI is InChI=1S/C21H30N4O2/c1-17-12-14-18(15-13-17)21(16-22-24-23-21)25(26,19-8-4-2-5-9-19)27-20-10-6-3-7-11-20/h12-16,19-20H,2-11H2,1H3. The largest absolute Gasteiger partial charge is 0.596 e. The topological polar surface area (TPSA) is 69.4 Å². The molecule has 0 N–H and O–H groups in total. The van der Waals surface area contributed by atoms with E-state index in [2.05, 4.69) is 15.4 Å². The van der Waals surface area contributed by atoms with Gasteiger partial charge in [0.15, 0.2) is 0 Å². The molecule has 3 aliphatic rings. The molecular weight excluding hydrogens is 340 g/mol. The van der Waals surface area contributed by atoms with Gasteiger partial charge in [-0.2, -0.15) is 9.65 Å². The average molecular weight is 370 g/mol. The molecule has 1 aliphatic heterocycles. The molecule has 2 unspecified atom stereocenters. The van der Waals surface area contributed by atoms with E-state index in [9.17, 15) is 5.21 Å². The molecule has 2 aliphatic carbocycles. The van der Waals surface area contributed by atoms with Crippen LogP contribution < -0.4 is 0 Å². The molecule has 2 atom stereocenters. The lowest BCUT2D eigenvalue weighted by Crippen LogP contribution is -2.64. The van der Waals surface area contributed by atoms with Crippen LogP contribution in [0.5, 0.6) is 0 Å². The summed E-state index contributed by atoms with van der Waals surface area (Å²) in [5, 5.41) is 26.9. The molecule has 2 fully saturated rings. The van der Waals surface area contributed by atoms with Crippen LogP contribution in [-0.2, 0) is 10.5 Å². The molecule has 0 bridgehead atoms. The van der Waals surface area contributed by atoms with Gasteiger partial charge in [0.05, 0.1) is 0 Å². The maximum Gasteiger partial charge on any atom is 0.307 e. The molecule has 27 heavy (non-hydrogen) atoms. The number of benzene rings is 1. The molecule has 0 radical (unpaired) electrons. The maximum atomic E-state index is 14.6. The lowest BCUT2D eigenvalue weighted by molar-refractivity contribution is -1.13. The monoisotopic (exact) mass is 370 g/mol. The number of quaternary nitrogens is 1. The first-order valence-electron chi connectivity index (χ1n) is 10.5. The number of hydrogen-bond acceptors (Lipinski definition) is 5. The fraction of sp³-hybridized carbons (Fsp3) is 0.667. The van der Waals surface area contributed by atoms with E-state index in [0.29, 0.717) is 0 Å². The van der Waals surface area contributed by atoms with Gasteiger partial charge in [-0.25, -0.2) is 0 Å². The van der Waals surface area contributed by atoms with Gasteiger partial charge in [0, 0.05) is 18.4 Å². The molecule has 1 aromatic rings. The number of hydrogen-bond donors (Lipinski definition) is 0. The molecule has 2 saturated carbocycles. The van der Waals surface area contributed by atoms with E-state index in [-0.39, 0.29) is 12.1 Å². The van der Waals surface area contributed by atoms with Gasteiger partial charge in [0.25, 0.3) is 0 Å². The number of hydroxylamine groups is 4. The maximum absolute atomic E-state index is 14.6. The van der Waals surface area contributed by atoms with Crippen LogP contribution in [0.4, 0.5) is 0 Å². The second kappa shape index (κ2) is 7.78. The summed E-state index contributed by atoms with van der Waals surface area (Å²) in [5.74, 6) is 0. The van der Waals surface area contributed by atoms with Gasteiger partial charge in [-0.05, 0) is 50.0 Å². The molecule has 0 aromatic heterocycles. The third kappa shape index (κ3) is 3.46. The summed E-state index contributed by atoms with van der Waals surface area (Å²) in [6.45, 7) is 2.04. The Labute approximate surface area is 161 Å². The molecule has 6 nitrogen and oxygen atoms in total. The molecule has 4 rings (SSSR count). The van der Waals surface area contributed by atoms with Crippen molar-refractivity contribution in [1.29, 1.82) is 0 Å². The number of nitrogens with zero attached hydrogens (tertiary/aromatic N) is 4. The Hall–Kier alpha value is -1.63. The van der Waals surface area contributed by atoms with E-state index in [1.54, 1.807) is 6.21 Å². The predicted octanol–water partition coefficient (Wildman–Crippen LogP) is 5.51. The summed E-state index contributed by atoms with van der Waals surface area (Å²) in [5.41, 5.74) is 0.734. The van der Waals surface area contributed by atoms with Crippen LogP contribution in [0.2, 0.25) is 0 Å². The predicted molar refractivity (Wildman–Crippen MR) is 105 cm³/mol. The van der Waals surface area contributed by atoms with Crippen molar-refractivity contribution >= 4 is 6.21 Å². The quantitative estimate of drug-likeness (QED) is 0.506. The highest BCUT2D eigenvalue weighted by molar-refractivity contribution is 5.72. The minimum atomic E-state index is -1.23. The third-order valence-electron chi connectivity index (χ3n) is 6.35. The van der Waals surface area contributed by atoms with Gasteiger partial charge in [0.1, 0.15) is 18.4 Å². The van der Waals surface area contributed by atoms with Crippen molar-refractivity contribution < 1.29 is 9.65 Å². The van der Waals surface area contributed by atoms with Crippen molar-refractivity contribution in [2.45, 2.75) is 88.9 Å². The lowest BCUT2D eigenvalue weighted by atomic mass is 9.90. The molecule has 0 spiro atoms. The number of aryl methyl sites for hydroxylation is 1. The zero-order valence-electron chi connectivity index (χ0n) is 16.2. The highest BCUT2D eigenvalue weighted by Gasteiger charge is 2.56. The minimum absolute atomic E-state index is 0.00954. The van der Waals surface area contributed by atoms with Crippen molar-refractivity contribution in [2.75, 3.05) is 0 Å². The van der Waals surface area contributed by atoms with E-state index in [1.165, 1.54) is 12.8 Å². The van der Waals surface area contributed by atoms with Crippen LogP contribution in [0.15, 0.2) is 39.7 Å². The van der Waals surface area contributed by atoms with E-state index in [4.69, 9.17) is 4.84 Å². The van der Waals surface area contributed by atoms with Gasteiger partial charge in [0.2, 0.25) is 0 Å². The summed E-state index contributed by atoms with van der Waals surface area (Å²) in [4.78, 5) is 5.63. The Balaban J connectivity index is 1.75. The lowest BCUT2D eigenvalue weighted by Gasteiger charge is -2.54. The molecule has 1 aromatic carbocycles. The van der Waals surface area contributed by atoms with Crippen LogP contribution in [-0.4, -0.2) is 23.2 Å². The van der Waals surface area contributed by atoms with E-state index >= 15 is 0 Å². The van der Waals surface area contributed by atoms with E-state index < -0.39 is 10.5 Å². The average Bonchev–Trinajstić information content (AvgIpc) is 3.21. The SMILES string of the molecule is Cc1ccc(C2([N+]([O-])(OC3CCCCC3)C3CCCCC3)C=NN=N2)cc1. The van der Waals surface area contributed by atoms with Crippen LogP contribution in [0, 0.1) is 12.1 Å². The van der Waals surface area contributed by atoms with Gasteiger partial charge in [-0.3, -0.25) is 0 Å². The molecule has 6 heteroatoms. The molecule has 1 heterocycles. The first-order valence-corrected chi connectivity index (χ1v) is 10.5. The second-order valence-electron chi connectivity index (χ2n) is 8.28. The van der Waals surface area contributed by atoms with Crippen molar-refractivity contribution in [3.63, 3.8) is 0 Å². The van der Waals surface area contributed by atoms with Crippen LogP contribution in [0.25, 0.3) is 0 Å². The number of rotatable bonds is 5. The smallest absolute Gasteiger partial charge is 0.307 e. The molecular formula is C21H30N4O2. The van der Waals surface area contributed by atoms with Crippen LogP contribution in [0.3, 0.4) is 0 Å². The Morgan fingerprint density at radius 1 is 0.963 bits per heavy atom. The highest BCUT2D eigenvalue weighted by Crippen LogP contribution is 2.45. The van der Waals surface area contributed by atoms with Gasteiger partial charge >= 0.3 is 5.66 Å². The Morgan fingerprint density at radius 3 is 2.19 bits per heavy atom.